The Kier molecular flexibility index (Phi) is 5.32. The highest BCUT2D eigenvalue weighted by molar-refractivity contribution is 7.17. The van der Waals surface area contributed by atoms with Gasteiger partial charge in [-0.3, -0.25) is 14.7 Å². The Morgan fingerprint density at radius 1 is 1.18 bits per heavy atom. The van der Waals surface area contributed by atoms with Gasteiger partial charge in [0.15, 0.2) is 17.2 Å². The molecule has 28 heavy (non-hydrogen) atoms. The monoisotopic (exact) mass is 401 g/mol. The lowest BCUT2D eigenvalue weighted by atomic mass is 10.2. The summed E-state index contributed by atoms with van der Waals surface area (Å²) in [6.45, 7) is 3.43. The zero-order valence-corrected chi connectivity index (χ0v) is 16.6. The van der Waals surface area contributed by atoms with E-state index in [2.05, 4.69) is 20.5 Å². The number of methoxy groups -OCH3 is 2. The number of aromatic nitrogens is 3. The quantitative estimate of drug-likeness (QED) is 0.581. The van der Waals surface area contributed by atoms with E-state index in [0.29, 0.717) is 32.8 Å². The van der Waals surface area contributed by atoms with Gasteiger partial charge in [0.1, 0.15) is 9.88 Å². The molecular weight excluding hydrogens is 382 g/mol. The number of nitrogens with zero attached hydrogens (tertiary/aromatic N) is 2. The van der Waals surface area contributed by atoms with Crippen molar-refractivity contribution in [2.75, 3.05) is 19.5 Å². The number of rotatable bonds is 6. The number of primary amides is 1. The minimum Gasteiger partial charge on any atom is -0.493 e. The number of aryl methyl sites for hydroxylation is 2. The van der Waals surface area contributed by atoms with E-state index in [1.54, 1.807) is 40.2 Å². The number of ether oxygens (including phenoxy) is 2. The van der Waals surface area contributed by atoms with E-state index in [9.17, 15) is 9.59 Å². The Morgan fingerprint density at radius 3 is 2.54 bits per heavy atom. The highest BCUT2D eigenvalue weighted by Gasteiger charge is 2.22. The Bertz CT molecular complexity index is 1060. The molecular formula is C18H19N5O4S. The summed E-state index contributed by atoms with van der Waals surface area (Å²) in [5, 5.41) is 9.81. The highest BCUT2D eigenvalue weighted by Crippen LogP contribution is 2.35. The van der Waals surface area contributed by atoms with Crippen molar-refractivity contribution < 1.29 is 19.1 Å². The van der Waals surface area contributed by atoms with Crippen LogP contribution in [-0.4, -0.2) is 41.2 Å². The highest BCUT2D eigenvalue weighted by atomic mass is 32.1. The Hall–Kier alpha value is -3.40. The number of H-pyrrole nitrogens is 1. The number of hydrogen-bond acceptors (Lipinski definition) is 7. The van der Waals surface area contributed by atoms with Crippen molar-refractivity contribution in [1.29, 1.82) is 0 Å². The van der Waals surface area contributed by atoms with Crippen LogP contribution < -0.4 is 20.5 Å². The van der Waals surface area contributed by atoms with Gasteiger partial charge in [-0.05, 0) is 32.0 Å². The maximum absolute atomic E-state index is 12.7. The Labute approximate surface area is 164 Å². The van der Waals surface area contributed by atoms with Crippen LogP contribution in [0.4, 0.5) is 5.69 Å². The van der Waals surface area contributed by atoms with E-state index < -0.39 is 11.8 Å². The van der Waals surface area contributed by atoms with Crippen molar-refractivity contribution in [3.8, 4) is 22.1 Å². The van der Waals surface area contributed by atoms with Crippen LogP contribution in [0.1, 0.15) is 31.5 Å². The van der Waals surface area contributed by atoms with E-state index in [0.717, 1.165) is 5.56 Å². The van der Waals surface area contributed by atoms with Gasteiger partial charge in [-0.25, -0.2) is 4.98 Å². The summed E-state index contributed by atoms with van der Waals surface area (Å²) in [6, 6.07) is 5.41. The molecule has 9 nitrogen and oxygen atoms in total. The van der Waals surface area contributed by atoms with Gasteiger partial charge in [-0.2, -0.15) is 5.10 Å². The molecule has 2 aromatic heterocycles. The van der Waals surface area contributed by atoms with Crippen LogP contribution >= 0.6 is 11.3 Å². The molecule has 3 rings (SSSR count). The zero-order chi connectivity index (χ0) is 20.4. The van der Waals surface area contributed by atoms with Crippen molar-refractivity contribution in [2.45, 2.75) is 13.8 Å². The van der Waals surface area contributed by atoms with Gasteiger partial charge in [0.05, 0.1) is 31.3 Å². The fourth-order valence-corrected chi connectivity index (χ4v) is 3.59. The first-order valence-corrected chi connectivity index (χ1v) is 9.03. The van der Waals surface area contributed by atoms with Crippen LogP contribution in [0.25, 0.3) is 10.6 Å². The van der Waals surface area contributed by atoms with Crippen LogP contribution in [0.15, 0.2) is 18.2 Å². The first-order valence-electron chi connectivity index (χ1n) is 8.21. The molecule has 2 heterocycles. The Morgan fingerprint density at radius 2 is 1.89 bits per heavy atom. The zero-order valence-electron chi connectivity index (χ0n) is 15.7. The number of nitrogens with two attached hydrogens (primary N) is 1. The first kappa shape index (κ1) is 19.4. The lowest BCUT2D eigenvalue weighted by Gasteiger charge is -2.08. The van der Waals surface area contributed by atoms with Crippen molar-refractivity contribution in [2.24, 2.45) is 5.73 Å². The van der Waals surface area contributed by atoms with Crippen molar-refractivity contribution in [1.82, 2.24) is 15.2 Å². The average molecular weight is 401 g/mol. The molecule has 1 aromatic carbocycles. The summed E-state index contributed by atoms with van der Waals surface area (Å²) < 4.78 is 10.6. The smallest absolute Gasteiger partial charge is 0.271 e. The predicted molar refractivity (Wildman–Crippen MR) is 105 cm³/mol. The molecule has 0 fully saturated rings. The normalized spacial score (nSPS) is 10.6. The molecule has 0 aliphatic carbocycles. The number of nitrogens with one attached hydrogen (secondary N) is 2. The van der Waals surface area contributed by atoms with Gasteiger partial charge < -0.3 is 20.5 Å². The third-order valence-electron chi connectivity index (χ3n) is 4.05. The lowest BCUT2D eigenvalue weighted by molar-refractivity contribution is 0.0996. The molecule has 4 N–H and O–H groups in total. The SMILES string of the molecule is COc1ccc(-c2nc(C)c(C(=O)Nc3c(C(N)=O)n[nH]c3C)s2)cc1OC. The van der Waals surface area contributed by atoms with Gasteiger partial charge in [-0.1, -0.05) is 0 Å². The number of carbonyl (C=O) groups is 2. The maximum atomic E-state index is 12.7. The van der Waals surface area contributed by atoms with E-state index in [4.69, 9.17) is 15.2 Å². The molecule has 0 radical (unpaired) electrons. The average Bonchev–Trinajstić information content (AvgIpc) is 3.24. The summed E-state index contributed by atoms with van der Waals surface area (Å²) in [4.78, 5) is 29.1. The van der Waals surface area contributed by atoms with Gasteiger partial charge in [0, 0.05) is 5.56 Å². The summed E-state index contributed by atoms with van der Waals surface area (Å²) in [6.07, 6.45) is 0. The van der Waals surface area contributed by atoms with Crippen LogP contribution in [-0.2, 0) is 0 Å². The third-order valence-corrected chi connectivity index (χ3v) is 5.26. The largest absolute Gasteiger partial charge is 0.493 e. The molecule has 0 saturated heterocycles. The van der Waals surface area contributed by atoms with Crippen LogP contribution in [0.5, 0.6) is 11.5 Å². The van der Waals surface area contributed by atoms with Crippen LogP contribution in [0, 0.1) is 13.8 Å². The van der Waals surface area contributed by atoms with Crippen molar-refractivity contribution in [3.63, 3.8) is 0 Å². The second-order valence-corrected chi connectivity index (χ2v) is 6.89. The van der Waals surface area contributed by atoms with E-state index in [1.165, 1.54) is 11.3 Å². The number of hydrogen-bond donors (Lipinski definition) is 3. The molecule has 0 saturated carbocycles. The van der Waals surface area contributed by atoms with Crippen LogP contribution in [0.2, 0.25) is 0 Å². The number of aromatic amines is 1. The molecule has 0 aliphatic heterocycles. The molecule has 0 spiro atoms. The maximum Gasteiger partial charge on any atom is 0.271 e. The second-order valence-electron chi connectivity index (χ2n) is 5.89. The Balaban J connectivity index is 1.92. The van der Waals surface area contributed by atoms with Crippen LogP contribution in [0.3, 0.4) is 0 Å². The van der Waals surface area contributed by atoms with Crippen molar-refractivity contribution >= 4 is 28.8 Å². The summed E-state index contributed by atoms with van der Waals surface area (Å²) >= 11 is 1.23. The minimum absolute atomic E-state index is 0.0202. The molecule has 10 heteroatoms. The number of amides is 2. The fourth-order valence-electron chi connectivity index (χ4n) is 2.63. The number of carbonyl (C=O) groups excluding carboxylic acids is 2. The number of thiazole rings is 1. The lowest BCUT2D eigenvalue weighted by Crippen LogP contribution is -2.18. The van der Waals surface area contributed by atoms with E-state index >= 15 is 0 Å². The topological polar surface area (TPSA) is 132 Å². The molecule has 3 aromatic rings. The summed E-state index contributed by atoms with van der Waals surface area (Å²) in [5.74, 6) is 0.0475. The summed E-state index contributed by atoms with van der Waals surface area (Å²) in [5.41, 5.74) is 7.43. The standard InChI is InChI=1S/C18H19N5O4S/c1-8-13(14(16(19)24)23-22-8)21-17(25)15-9(2)20-18(28-15)10-5-6-11(26-3)12(7-10)27-4/h5-7H,1-4H3,(H2,19,24)(H,21,25)(H,22,23). The fraction of sp³-hybridized carbons (Fsp3) is 0.222. The van der Waals surface area contributed by atoms with Gasteiger partial charge in [-0.15, -0.1) is 11.3 Å². The van der Waals surface area contributed by atoms with E-state index in [-0.39, 0.29) is 11.4 Å². The van der Waals surface area contributed by atoms with Gasteiger partial charge in [0.2, 0.25) is 0 Å². The molecule has 0 aliphatic rings. The second kappa shape index (κ2) is 7.69. The molecule has 0 unspecified atom stereocenters. The van der Waals surface area contributed by atoms with Gasteiger partial charge in [0.25, 0.3) is 11.8 Å². The molecule has 146 valence electrons. The van der Waals surface area contributed by atoms with Gasteiger partial charge >= 0.3 is 0 Å². The van der Waals surface area contributed by atoms with Crippen molar-refractivity contribution in [3.05, 3.63) is 40.2 Å². The summed E-state index contributed by atoms with van der Waals surface area (Å²) in [7, 11) is 3.11. The predicted octanol–water partition coefficient (Wildman–Crippen LogP) is 2.52. The minimum atomic E-state index is -0.730. The third kappa shape index (κ3) is 3.54. The molecule has 0 atom stereocenters. The van der Waals surface area contributed by atoms with E-state index in [1.807, 2.05) is 6.07 Å². The number of anilines is 1. The first-order chi connectivity index (χ1) is 13.3. The number of benzene rings is 1. The molecule has 2 amide bonds. The molecule has 0 bridgehead atoms.